The minimum atomic E-state index is -0.540. The van der Waals surface area contributed by atoms with Crippen molar-refractivity contribution in [2.45, 2.75) is 89.6 Å². The average molecular weight is 298 g/mol. The van der Waals surface area contributed by atoms with E-state index in [2.05, 4.69) is 12.2 Å². The first-order valence-electron chi connectivity index (χ1n) is 8.74. The predicted octanol–water partition coefficient (Wildman–Crippen LogP) is 3.14. The Morgan fingerprint density at radius 1 is 1.14 bits per heavy atom. The Labute approximate surface area is 130 Å². The third-order valence-electron chi connectivity index (χ3n) is 4.25. The van der Waals surface area contributed by atoms with E-state index in [1.54, 1.807) is 0 Å². The fourth-order valence-electron chi connectivity index (χ4n) is 2.54. The van der Waals surface area contributed by atoms with Gasteiger partial charge in [-0.25, -0.2) is 0 Å². The van der Waals surface area contributed by atoms with Crippen LogP contribution in [0.15, 0.2) is 0 Å². The molecule has 0 saturated heterocycles. The number of nitrogens with one attached hydrogen (secondary N) is 1. The van der Waals surface area contributed by atoms with Crippen LogP contribution in [-0.2, 0) is 9.53 Å². The lowest BCUT2D eigenvalue weighted by Crippen LogP contribution is -2.53. The Morgan fingerprint density at radius 3 is 2.33 bits per heavy atom. The highest BCUT2D eigenvalue weighted by Gasteiger charge is 2.36. The molecule has 21 heavy (non-hydrogen) atoms. The fraction of sp³-hybridized carbons (Fsp3) is 0.941. The first-order valence-corrected chi connectivity index (χ1v) is 8.74. The Hall–Kier alpha value is -0.610. The van der Waals surface area contributed by atoms with Crippen molar-refractivity contribution in [2.24, 2.45) is 5.73 Å². The summed E-state index contributed by atoms with van der Waals surface area (Å²) in [6.45, 7) is 5.83. The van der Waals surface area contributed by atoms with E-state index in [0.29, 0.717) is 6.04 Å². The Morgan fingerprint density at radius 2 is 1.76 bits per heavy atom. The summed E-state index contributed by atoms with van der Waals surface area (Å²) in [7, 11) is 0. The Bertz CT molecular complexity index is 293. The summed E-state index contributed by atoms with van der Waals surface area (Å²) in [6.07, 6.45) is 11.5. The van der Waals surface area contributed by atoms with Gasteiger partial charge in [-0.1, -0.05) is 32.6 Å². The van der Waals surface area contributed by atoms with Crippen LogP contribution in [0.5, 0.6) is 0 Å². The number of hydrogen-bond acceptors (Lipinski definition) is 3. The first kappa shape index (κ1) is 18.4. The molecule has 124 valence electrons. The summed E-state index contributed by atoms with van der Waals surface area (Å²) in [5.74, 6) is -0.230. The molecule has 1 atom stereocenters. The summed E-state index contributed by atoms with van der Waals surface area (Å²) in [5, 5.41) is 3.38. The van der Waals surface area contributed by atoms with Crippen molar-refractivity contribution >= 4 is 5.91 Å². The van der Waals surface area contributed by atoms with Crippen LogP contribution in [-0.4, -0.2) is 30.7 Å². The molecule has 0 spiro atoms. The Kier molecular flexibility index (Phi) is 8.93. The maximum atomic E-state index is 11.6. The summed E-state index contributed by atoms with van der Waals surface area (Å²) >= 11 is 0. The molecule has 0 aromatic carbocycles. The van der Waals surface area contributed by atoms with E-state index in [4.69, 9.17) is 10.5 Å². The zero-order valence-electron chi connectivity index (χ0n) is 14.0. The maximum Gasteiger partial charge on any atom is 0.237 e. The predicted molar refractivity (Wildman–Crippen MR) is 87.2 cm³/mol. The molecule has 0 aromatic heterocycles. The second-order valence-corrected chi connectivity index (χ2v) is 6.60. The van der Waals surface area contributed by atoms with Crippen molar-refractivity contribution < 1.29 is 9.53 Å². The zero-order chi connectivity index (χ0) is 15.6. The second kappa shape index (κ2) is 10.2. The van der Waals surface area contributed by atoms with Crippen LogP contribution in [0, 0.1) is 0 Å². The van der Waals surface area contributed by atoms with Crippen LogP contribution >= 0.6 is 0 Å². The van der Waals surface area contributed by atoms with E-state index in [9.17, 15) is 4.79 Å². The van der Waals surface area contributed by atoms with Crippen molar-refractivity contribution in [3.63, 3.8) is 0 Å². The van der Waals surface area contributed by atoms with Gasteiger partial charge in [-0.3, -0.25) is 4.79 Å². The van der Waals surface area contributed by atoms with Crippen LogP contribution in [0.25, 0.3) is 0 Å². The highest BCUT2D eigenvalue weighted by atomic mass is 16.5. The lowest BCUT2D eigenvalue weighted by Gasteiger charge is -2.27. The summed E-state index contributed by atoms with van der Waals surface area (Å²) in [6, 6.07) is 0.502. The molecule has 3 N–H and O–H groups in total. The third-order valence-corrected chi connectivity index (χ3v) is 4.25. The van der Waals surface area contributed by atoms with E-state index < -0.39 is 5.54 Å². The standard InChI is InChI=1S/C17H34N2O2/c1-3-4-5-6-8-13-21-14-9-7-12-17(2,16(18)20)19-15-10-11-15/h15,19H,3-14H2,1-2H3,(H2,18,20). The molecule has 1 saturated carbocycles. The fourth-order valence-corrected chi connectivity index (χ4v) is 2.54. The van der Waals surface area contributed by atoms with Crippen LogP contribution in [0.4, 0.5) is 0 Å². The van der Waals surface area contributed by atoms with Crippen LogP contribution in [0.2, 0.25) is 0 Å². The minimum Gasteiger partial charge on any atom is -0.381 e. The van der Waals surface area contributed by atoms with Gasteiger partial charge in [0.1, 0.15) is 0 Å². The molecule has 1 aliphatic carbocycles. The second-order valence-electron chi connectivity index (χ2n) is 6.60. The van der Waals surface area contributed by atoms with Gasteiger partial charge in [-0.15, -0.1) is 0 Å². The molecule has 0 aliphatic heterocycles. The Balaban J connectivity index is 1.97. The molecule has 0 radical (unpaired) electrons. The number of carbonyl (C=O) groups excluding carboxylic acids is 1. The maximum absolute atomic E-state index is 11.6. The van der Waals surface area contributed by atoms with Crippen molar-refractivity contribution in [2.75, 3.05) is 13.2 Å². The van der Waals surface area contributed by atoms with Gasteiger partial charge < -0.3 is 15.8 Å². The lowest BCUT2D eigenvalue weighted by molar-refractivity contribution is -0.124. The number of hydrogen-bond donors (Lipinski definition) is 2. The van der Waals surface area contributed by atoms with E-state index >= 15 is 0 Å². The molecule has 0 aromatic rings. The highest BCUT2D eigenvalue weighted by molar-refractivity contribution is 5.84. The molecule has 4 nitrogen and oxygen atoms in total. The minimum absolute atomic E-state index is 0.230. The smallest absolute Gasteiger partial charge is 0.237 e. The largest absolute Gasteiger partial charge is 0.381 e. The van der Waals surface area contributed by atoms with Crippen molar-refractivity contribution in [3.8, 4) is 0 Å². The molecular formula is C17H34N2O2. The number of rotatable bonds is 14. The van der Waals surface area contributed by atoms with Gasteiger partial charge in [-0.05, 0) is 45.4 Å². The molecule has 1 aliphatic rings. The van der Waals surface area contributed by atoms with Crippen molar-refractivity contribution in [1.82, 2.24) is 5.32 Å². The number of ether oxygens (including phenoxy) is 1. The molecule has 0 bridgehead atoms. The van der Waals surface area contributed by atoms with Gasteiger partial charge in [0.05, 0.1) is 5.54 Å². The van der Waals surface area contributed by atoms with Crippen LogP contribution < -0.4 is 11.1 Å². The summed E-state index contributed by atoms with van der Waals surface area (Å²) in [4.78, 5) is 11.6. The van der Waals surface area contributed by atoms with Crippen LogP contribution in [0.3, 0.4) is 0 Å². The average Bonchev–Trinajstić information content (AvgIpc) is 3.24. The summed E-state index contributed by atoms with van der Waals surface area (Å²) < 4.78 is 5.65. The van der Waals surface area contributed by atoms with Gasteiger partial charge in [0.2, 0.25) is 5.91 Å². The monoisotopic (exact) mass is 298 g/mol. The van der Waals surface area contributed by atoms with Gasteiger partial charge in [0.25, 0.3) is 0 Å². The molecule has 1 fully saturated rings. The van der Waals surface area contributed by atoms with Gasteiger partial charge in [-0.2, -0.15) is 0 Å². The normalized spacial score (nSPS) is 17.6. The number of unbranched alkanes of at least 4 members (excludes halogenated alkanes) is 5. The van der Waals surface area contributed by atoms with Crippen molar-refractivity contribution in [3.05, 3.63) is 0 Å². The van der Waals surface area contributed by atoms with Crippen molar-refractivity contribution in [1.29, 1.82) is 0 Å². The topological polar surface area (TPSA) is 64.3 Å². The SMILES string of the molecule is CCCCCCCOCCCCC(C)(NC1CC1)C(N)=O. The van der Waals surface area contributed by atoms with E-state index in [-0.39, 0.29) is 5.91 Å². The lowest BCUT2D eigenvalue weighted by atomic mass is 9.94. The number of nitrogens with two attached hydrogens (primary N) is 1. The quantitative estimate of drug-likeness (QED) is 0.484. The van der Waals surface area contributed by atoms with Gasteiger partial charge >= 0.3 is 0 Å². The first-order chi connectivity index (χ1) is 10.1. The van der Waals surface area contributed by atoms with E-state index in [1.165, 1.54) is 44.9 Å². The zero-order valence-corrected chi connectivity index (χ0v) is 14.0. The molecular weight excluding hydrogens is 264 g/mol. The molecule has 1 rings (SSSR count). The molecule has 1 amide bonds. The number of primary amides is 1. The van der Waals surface area contributed by atoms with E-state index in [0.717, 1.165) is 32.5 Å². The van der Waals surface area contributed by atoms with Gasteiger partial charge in [0, 0.05) is 19.3 Å². The third kappa shape index (κ3) is 8.42. The van der Waals surface area contributed by atoms with Gasteiger partial charge in [0.15, 0.2) is 0 Å². The highest BCUT2D eigenvalue weighted by Crippen LogP contribution is 2.25. The number of carbonyl (C=O) groups is 1. The number of amides is 1. The molecule has 0 heterocycles. The summed E-state index contributed by atoms with van der Waals surface area (Å²) in [5.41, 5.74) is 4.99. The van der Waals surface area contributed by atoms with E-state index in [1.807, 2.05) is 6.92 Å². The molecule has 1 unspecified atom stereocenters. The molecule has 4 heteroatoms. The van der Waals surface area contributed by atoms with Crippen LogP contribution in [0.1, 0.15) is 78.1 Å².